The zero-order chi connectivity index (χ0) is 13.4. The number of rotatable bonds is 7. The Morgan fingerprint density at radius 2 is 1.94 bits per heavy atom. The van der Waals surface area contributed by atoms with Crippen LogP contribution in [-0.2, 0) is 14.3 Å². The van der Waals surface area contributed by atoms with Crippen LogP contribution in [0.5, 0.6) is 0 Å². The smallest absolute Gasteiger partial charge is 0.335 e. The average molecular weight is 250 g/mol. The van der Waals surface area contributed by atoms with Gasteiger partial charge in [-0.05, 0) is 6.92 Å². The molecule has 0 saturated carbocycles. The molecule has 1 N–H and O–H groups in total. The van der Waals surface area contributed by atoms with Gasteiger partial charge in [0.25, 0.3) is 0 Å². The molecule has 0 atom stereocenters. The van der Waals surface area contributed by atoms with Gasteiger partial charge in [0.2, 0.25) is 0 Å². The van der Waals surface area contributed by atoms with Gasteiger partial charge < -0.3 is 14.6 Å². The van der Waals surface area contributed by atoms with Crippen molar-refractivity contribution in [1.29, 1.82) is 0 Å². The second-order valence-electron chi connectivity index (χ2n) is 3.63. The molecule has 4 nitrogen and oxygen atoms in total. The number of aliphatic carboxylic acids is 1. The Morgan fingerprint density at radius 1 is 1.28 bits per heavy atom. The molecule has 0 aliphatic carbocycles. The molecule has 0 amide bonds. The molecule has 4 heteroatoms. The molecule has 0 aliphatic heterocycles. The predicted octanol–water partition coefficient (Wildman–Crippen LogP) is 2.56. The van der Waals surface area contributed by atoms with E-state index in [1.54, 1.807) is 0 Å². The fourth-order valence-electron chi connectivity index (χ4n) is 1.64. The first kappa shape index (κ1) is 14.3. The minimum atomic E-state index is -0.976. The Bertz CT molecular complexity index is 409. The highest BCUT2D eigenvalue weighted by atomic mass is 16.5. The van der Waals surface area contributed by atoms with Crippen molar-refractivity contribution in [2.45, 2.75) is 13.3 Å². The van der Waals surface area contributed by atoms with Crippen LogP contribution >= 0.6 is 0 Å². The molecule has 0 aromatic heterocycles. The number of hydrogen-bond donors (Lipinski definition) is 1. The van der Waals surface area contributed by atoms with Gasteiger partial charge >= 0.3 is 5.97 Å². The molecular weight excluding hydrogens is 232 g/mol. The minimum absolute atomic E-state index is 0.233. The predicted molar refractivity (Wildman–Crippen MR) is 69.1 cm³/mol. The van der Waals surface area contributed by atoms with Crippen molar-refractivity contribution in [1.82, 2.24) is 0 Å². The van der Waals surface area contributed by atoms with Crippen LogP contribution in [0.1, 0.15) is 18.9 Å². The van der Waals surface area contributed by atoms with Gasteiger partial charge in [0.05, 0.1) is 19.3 Å². The summed E-state index contributed by atoms with van der Waals surface area (Å²) in [6.45, 7) is 2.82. The van der Waals surface area contributed by atoms with Gasteiger partial charge in [-0.1, -0.05) is 30.3 Å². The highest BCUT2D eigenvalue weighted by Gasteiger charge is 2.16. The van der Waals surface area contributed by atoms with E-state index in [9.17, 15) is 9.90 Å². The summed E-state index contributed by atoms with van der Waals surface area (Å²) < 4.78 is 10.4. The van der Waals surface area contributed by atoms with E-state index in [-0.39, 0.29) is 5.57 Å². The average Bonchev–Trinajstić information content (AvgIpc) is 2.39. The Balaban J connectivity index is 3.02. The van der Waals surface area contributed by atoms with Crippen LogP contribution in [0.2, 0.25) is 0 Å². The van der Waals surface area contributed by atoms with E-state index in [1.165, 1.54) is 7.11 Å². The summed E-state index contributed by atoms with van der Waals surface area (Å²) in [6.07, 6.45) is 0.321. The van der Waals surface area contributed by atoms with Crippen LogP contribution in [-0.4, -0.2) is 31.4 Å². The molecule has 0 aliphatic rings. The lowest BCUT2D eigenvalue weighted by Crippen LogP contribution is -2.09. The van der Waals surface area contributed by atoms with Gasteiger partial charge in [-0.15, -0.1) is 0 Å². The first-order valence-electron chi connectivity index (χ1n) is 5.84. The molecule has 0 saturated heterocycles. The summed E-state index contributed by atoms with van der Waals surface area (Å²) in [7, 11) is 1.48. The van der Waals surface area contributed by atoms with E-state index < -0.39 is 5.97 Å². The largest absolute Gasteiger partial charge is 0.496 e. The second-order valence-corrected chi connectivity index (χ2v) is 3.63. The Labute approximate surface area is 107 Å². The number of hydrogen-bond acceptors (Lipinski definition) is 3. The van der Waals surface area contributed by atoms with Gasteiger partial charge in [-0.2, -0.15) is 0 Å². The van der Waals surface area contributed by atoms with Crippen molar-refractivity contribution >= 4 is 11.7 Å². The first-order chi connectivity index (χ1) is 8.70. The third-order valence-corrected chi connectivity index (χ3v) is 2.47. The van der Waals surface area contributed by atoms with Crippen LogP contribution in [0.4, 0.5) is 0 Å². The van der Waals surface area contributed by atoms with Crippen molar-refractivity contribution < 1.29 is 19.4 Å². The van der Waals surface area contributed by atoms with E-state index in [2.05, 4.69) is 0 Å². The molecule has 1 aromatic carbocycles. The third-order valence-electron chi connectivity index (χ3n) is 2.47. The molecule has 18 heavy (non-hydrogen) atoms. The number of benzene rings is 1. The SMILES string of the molecule is CCOCCC(C(=O)O)=C(OC)c1ccccc1. The summed E-state index contributed by atoms with van der Waals surface area (Å²) in [4.78, 5) is 11.3. The van der Waals surface area contributed by atoms with Crippen LogP contribution in [0.3, 0.4) is 0 Å². The van der Waals surface area contributed by atoms with Gasteiger partial charge in [0.1, 0.15) is 5.76 Å². The van der Waals surface area contributed by atoms with E-state index in [4.69, 9.17) is 9.47 Å². The number of carbonyl (C=O) groups is 1. The third kappa shape index (κ3) is 3.89. The number of ether oxygens (including phenoxy) is 2. The fraction of sp³-hybridized carbons (Fsp3) is 0.357. The topological polar surface area (TPSA) is 55.8 Å². The van der Waals surface area contributed by atoms with Crippen molar-refractivity contribution in [2.75, 3.05) is 20.3 Å². The van der Waals surface area contributed by atoms with Crippen LogP contribution in [0, 0.1) is 0 Å². The molecule has 0 bridgehead atoms. The Kier molecular flexibility index (Phi) is 5.94. The number of methoxy groups -OCH3 is 1. The molecule has 0 unspecified atom stereocenters. The molecular formula is C14H18O4. The number of carboxylic acid groups (broad SMARTS) is 1. The van der Waals surface area contributed by atoms with Crippen LogP contribution < -0.4 is 0 Å². The monoisotopic (exact) mass is 250 g/mol. The maximum Gasteiger partial charge on any atom is 0.335 e. The maximum atomic E-state index is 11.3. The molecule has 1 rings (SSSR count). The van der Waals surface area contributed by atoms with E-state index >= 15 is 0 Å². The van der Waals surface area contributed by atoms with Gasteiger partial charge in [-0.25, -0.2) is 4.79 Å². The van der Waals surface area contributed by atoms with Gasteiger partial charge in [-0.3, -0.25) is 0 Å². The normalized spacial score (nSPS) is 11.9. The minimum Gasteiger partial charge on any atom is -0.496 e. The summed E-state index contributed by atoms with van der Waals surface area (Å²) >= 11 is 0. The van der Waals surface area contributed by atoms with Gasteiger partial charge in [0.15, 0.2) is 0 Å². The van der Waals surface area contributed by atoms with Gasteiger partial charge in [0, 0.05) is 18.6 Å². The summed E-state index contributed by atoms with van der Waals surface area (Å²) in [6, 6.07) is 9.20. The molecule has 0 radical (unpaired) electrons. The lowest BCUT2D eigenvalue weighted by Gasteiger charge is -2.11. The van der Waals surface area contributed by atoms with E-state index in [0.29, 0.717) is 25.4 Å². The van der Waals surface area contributed by atoms with E-state index in [1.807, 2.05) is 37.3 Å². The molecule has 0 spiro atoms. The first-order valence-corrected chi connectivity index (χ1v) is 5.84. The molecule has 98 valence electrons. The van der Waals surface area contributed by atoms with Crippen molar-refractivity contribution in [3.8, 4) is 0 Å². The standard InChI is InChI=1S/C14H18O4/c1-3-18-10-9-12(14(15)16)13(17-2)11-7-5-4-6-8-11/h4-8H,3,9-10H2,1-2H3,(H,15,16). The van der Waals surface area contributed by atoms with Crippen molar-refractivity contribution in [2.24, 2.45) is 0 Å². The highest BCUT2D eigenvalue weighted by molar-refractivity contribution is 5.94. The molecule has 0 heterocycles. The number of carboxylic acids is 1. The zero-order valence-electron chi connectivity index (χ0n) is 10.7. The zero-order valence-corrected chi connectivity index (χ0v) is 10.7. The summed E-state index contributed by atoms with van der Waals surface area (Å²) in [5.74, 6) is -0.585. The summed E-state index contributed by atoms with van der Waals surface area (Å²) in [5.41, 5.74) is 0.992. The van der Waals surface area contributed by atoms with Crippen molar-refractivity contribution in [3.05, 3.63) is 41.5 Å². The Hall–Kier alpha value is -1.81. The van der Waals surface area contributed by atoms with Crippen LogP contribution in [0.15, 0.2) is 35.9 Å². The second kappa shape index (κ2) is 7.50. The van der Waals surface area contributed by atoms with Crippen LogP contribution in [0.25, 0.3) is 5.76 Å². The lowest BCUT2D eigenvalue weighted by atomic mass is 10.1. The summed E-state index contributed by atoms with van der Waals surface area (Å²) in [5, 5.41) is 9.24. The quantitative estimate of drug-likeness (QED) is 0.459. The lowest BCUT2D eigenvalue weighted by molar-refractivity contribution is -0.133. The molecule has 1 aromatic rings. The molecule has 0 fully saturated rings. The highest BCUT2D eigenvalue weighted by Crippen LogP contribution is 2.21. The fourth-order valence-corrected chi connectivity index (χ4v) is 1.64. The maximum absolute atomic E-state index is 11.3. The van der Waals surface area contributed by atoms with E-state index in [0.717, 1.165) is 5.56 Å². The van der Waals surface area contributed by atoms with Crippen molar-refractivity contribution in [3.63, 3.8) is 0 Å². The Morgan fingerprint density at radius 3 is 2.44 bits per heavy atom.